The molecule has 19 nitrogen and oxygen atoms in total. The Hall–Kier alpha value is -8.42. The number of fused-ring (bicyclic) bond motifs is 8. The van der Waals surface area contributed by atoms with Crippen LogP contribution in [0.15, 0.2) is 47.3 Å². The van der Waals surface area contributed by atoms with Crippen LogP contribution < -0.4 is 20.9 Å². The van der Waals surface area contributed by atoms with E-state index in [1.54, 1.807) is 24.8 Å². The van der Waals surface area contributed by atoms with E-state index in [0.717, 1.165) is 23.8 Å². The molecule has 13 rings (SSSR count). The number of aliphatic hydroxyl groups is 1. The summed E-state index contributed by atoms with van der Waals surface area (Å²) in [5.41, 5.74) is 5.91. The number of nitrogen functional groups attached to an aromatic ring is 1. The normalized spacial score (nSPS) is 22.1. The van der Waals surface area contributed by atoms with Crippen LogP contribution in [-0.4, -0.2) is 128 Å². The number of rotatable bonds is 11. The van der Waals surface area contributed by atoms with Crippen LogP contribution in [0.1, 0.15) is 90.4 Å². The van der Waals surface area contributed by atoms with Crippen LogP contribution >= 0.6 is 22.9 Å². The van der Waals surface area contributed by atoms with Crippen molar-refractivity contribution in [3.05, 3.63) is 114 Å². The summed E-state index contributed by atoms with van der Waals surface area (Å²) in [6.45, 7) is 7.34. The molecule has 3 aromatic carbocycles. The van der Waals surface area contributed by atoms with E-state index in [-0.39, 0.29) is 147 Å². The summed E-state index contributed by atoms with van der Waals surface area (Å²) in [5, 5.41) is 32.5. The van der Waals surface area contributed by atoms with Crippen molar-refractivity contribution in [2.24, 2.45) is 0 Å². The topological polar surface area (TPSA) is 246 Å². The fraction of sp³-hybridized carbons (Fsp3) is 0.393. The molecule has 25 heteroatoms. The zero-order chi connectivity index (χ0) is 60.6. The first-order valence-electron chi connectivity index (χ1n) is 28.1. The first-order valence-corrected chi connectivity index (χ1v) is 29.3. The molecule has 9 heterocycles. The van der Waals surface area contributed by atoms with E-state index in [1.807, 2.05) is 11.0 Å². The number of aromatic nitrogens is 4. The number of nitrogens with zero attached hydrogens (tertiary/aromatic N) is 10. The Kier molecular flexibility index (Phi) is 13.8. The Morgan fingerprint density at radius 1 is 1.06 bits per heavy atom. The fourth-order valence-electron chi connectivity index (χ4n) is 14.0. The van der Waals surface area contributed by atoms with Crippen molar-refractivity contribution < 1.29 is 51.3 Å². The number of ether oxygens (including phenoxy) is 3. The second kappa shape index (κ2) is 20.9. The van der Waals surface area contributed by atoms with Crippen molar-refractivity contribution in [3.63, 3.8) is 0 Å². The zero-order valence-electron chi connectivity index (χ0n) is 46.8. The summed E-state index contributed by atoms with van der Waals surface area (Å²) < 4.78 is 82.4. The van der Waals surface area contributed by atoms with Crippen molar-refractivity contribution >= 4 is 83.6 Å². The van der Waals surface area contributed by atoms with Crippen LogP contribution in [0.25, 0.3) is 54.4 Å². The second-order valence-corrected chi connectivity index (χ2v) is 24.4. The Morgan fingerprint density at radius 2 is 1.86 bits per heavy atom. The number of nitrogens with two attached hydrogens (primary N) is 1. The quantitative estimate of drug-likeness (QED) is 0.0697. The number of hydrogen-bond donors (Lipinski definition) is 2. The van der Waals surface area contributed by atoms with E-state index in [0.29, 0.717) is 64.8 Å². The summed E-state index contributed by atoms with van der Waals surface area (Å²) in [4.78, 5) is 76.8. The predicted molar refractivity (Wildman–Crippen MR) is 309 cm³/mol. The van der Waals surface area contributed by atoms with E-state index in [2.05, 4.69) is 17.6 Å². The van der Waals surface area contributed by atoms with Crippen LogP contribution in [0.5, 0.6) is 6.01 Å². The van der Waals surface area contributed by atoms with Crippen molar-refractivity contribution in [2.45, 2.75) is 101 Å². The van der Waals surface area contributed by atoms with Gasteiger partial charge in [0.05, 0.1) is 74.4 Å². The van der Waals surface area contributed by atoms with Crippen LogP contribution in [-0.2, 0) is 44.2 Å². The minimum Gasteiger partial charge on any atom is -0.461 e. The molecule has 5 aliphatic heterocycles. The molecule has 0 radical (unpaired) electrons. The van der Waals surface area contributed by atoms with Crippen LogP contribution in [0, 0.1) is 47.0 Å². The molecule has 1 aliphatic carbocycles. The largest absolute Gasteiger partial charge is 0.461 e. The van der Waals surface area contributed by atoms with Gasteiger partial charge in [0.25, 0.3) is 11.5 Å². The number of pyridine rings is 2. The van der Waals surface area contributed by atoms with Gasteiger partial charge in [0.2, 0.25) is 0 Å². The molecule has 1 unspecified atom stereocenters. The van der Waals surface area contributed by atoms with Crippen molar-refractivity contribution in [1.82, 2.24) is 34.2 Å². The summed E-state index contributed by atoms with van der Waals surface area (Å²) in [6.07, 6.45) is 0.234. The number of benzene rings is 3. The van der Waals surface area contributed by atoms with Gasteiger partial charge in [-0.1, -0.05) is 31.2 Å². The lowest BCUT2D eigenvalue weighted by molar-refractivity contribution is -0.172. The maximum absolute atomic E-state index is 17.6. The number of carbonyl (C=O) groups is 3. The lowest BCUT2D eigenvalue weighted by atomic mass is 9.81. The molecule has 5 atom stereocenters. The Labute approximate surface area is 497 Å². The third-order valence-corrected chi connectivity index (χ3v) is 19.7. The molecule has 3 saturated heterocycles. The first-order chi connectivity index (χ1) is 41.2. The van der Waals surface area contributed by atoms with E-state index in [9.17, 15) is 39.2 Å². The van der Waals surface area contributed by atoms with Crippen molar-refractivity contribution in [2.75, 3.05) is 63.6 Å². The summed E-state index contributed by atoms with van der Waals surface area (Å²) in [6, 6.07) is 9.17. The molecule has 0 bridgehead atoms. The number of amides is 2. The van der Waals surface area contributed by atoms with Gasteiger partial charge in [-0.05, 0) is 86.0 Å². The number of alkyl halides is 1. The van der Waals surface area contributed by atoms with Gasteiger partial charge in [0, 0.05) is 84.1 Å². The lowest BCUT2D eigenvalue weighted by Crippen LogP contribution is -2.56. The maximum Gasteiger partial charge on any atom is 0.410 e. The maximum atomic E-state index is 17.6. The van der Waals surface area contributed by atoms with E-state index in [4.69, 9.17) is 41.5 Å². The Balaban J connectivity index is 0.774. The Morgan fingerprint density at radius 3 is 2.63 bits per heavy atom. The fourth-order valence-corrected chi connectivity index (χ4v) is 15.3. The highest BCUT2D eigenvalue weighted by Crippen LogP contribution is 2.50. The predicted octanol–water partition coefficient (Wildman–Crippen LogP) is 8.94. The van der Waals surface area contributed by atoms with Gasteiger partial charge in [0.1, 0.15) is 60.0 Å². The molecular weight excluding hydrogens is 1160 g/mol. The van der Waals surface area contributed by atoms with Gasteiger partial charge in [0.15, 0.2) is 11.4 Å². The van der Waals surface area contributed by atoms with Gasteiger partial charge in [-0.25, -0.2) is 32.1 Å². The van der Waals surface area contributed by atoms with Crippen molar-refractivity contribution in [3.8, 4) is 40.7 Å². The molecule has 3 N–H and O–H groups in total. The number of anilines is 2. The van der Waals surface area contributed by atoms with Crippen LogP contribution in [0.3, 0.4) is 0 Å². The molecule has 3 fully saturated rings. The number of thiophene rings is 1. The number of aryl methyl sites for hydroxylation is 1. The molecular formula is C61H54ClF4N11O8S. The lowest BCUT2D eigenvalue weighted by Gasteiger charge is -2.41. The van der Waals surface area contributed by atoms with Crippen molar-refractivity contribution in [1.29, 1.82) is 10.5 Å². The van der Waals surface area contributed by atoms with Gasteiger partial charge >= 0.3 is 18.1 Å². The first kappa shape index (κ1) is 56.7. The number of esters is 1. The molecule has 0 saturated carbocycles. The zero-order valence-corrected chi connectivity index (χ0v) is 48.4. The minimum absolute atomic E-state index is 0.00254. The molecule has 4 aromatic heterocycles. The van der Waals surface area contributed by atoms with E-state index < -0.39 is 77.0 Å². The minimum atomic E-state index is -2.09. The van der Waals surface area contributed by atoms with Gasteiger partial charge < -0.3 is 44.3 Å². The SMILES string of the molecule is C=C(COC(=O)N(C)[C@H]1CCc2c(C)c(F)cc3nc4c(c1c23)Cn1c-4cc2c(c1=O)COC(=O)[C@]2(O)CC)C(=O)N1CCN(c2nc(OCC34CCCN3C[C@H](F)C4)nc3c(F)c(-c4ccc(F)c5sc(N)c(C#N)c45)c(Cl)cc23)C[C@@H]1CC#N. The number of carbonyl (C=O) groups excluding carboxylic acids is 3. The summed E-state index contributed by atoms with van der Waals surface area (Å²) in [5.74, 6) is -3.44. The smallest absolute Gasteiger partial charge is 0.410 e. The second-order valence-electron chi connectivity index (χ2n) is 23.0. The molecule has 7 aromatic rings. The van der Waals surface area contributed by atoms with Gasteiger partial charge in [-0.15, -0.1) is 11.3 Å². The summed E-state index contributed by atoms with van der Waals surface area (Å²) >= 11 is 7.84. The van der Waals surface area contributed by atoms with Gasteiger partial charge in [-0.3, -0.25) is 14.5 Å². The standard InChI is InChI=1S/C61H54ClF4N11O8S/c1-5-61(82)38-18-44-50-36(24-77(44)56(79)37(38)26-83-57(61)80)48-43(10-8-32-29(3)41(65)19-42(70-50)47(32)48)73(4)59(81)84-25-28(2)55(78)76-16-15-74(23-31(76)11-13-67)54-34-17-39(62)46(33-7-9-40(64)52-45(33)35(21-68)53(69)86-52)49(66)51(34)71-58(72-54)85-27-60-12-6-14-75(60)22-30(63)20-60/h7,9,17-19,30-31,43,82H,2,5-6,8,10-12,14-16,20,22-27,69H2,1,3-4H3/t30-,31+,43+,60?,61+/m1/s1. The summed E-state index contributed by atoms with van der Waals surface area (Å²) in [7, 11) is 1.54. The number of hydrogen-bond acceptors (Lipinski definition) is 17. The Bertz CT molecular complexity index is 4340. The van der Waals surface area contributed by atoms with E-state index >= 15 is 13.2 Å². The highest BCUT2D eigenvalue weighted by atomic mass is 35.5. The number of cyclic esters (lactones) is 1. The third-order valence-electron chi connectivity index (χ3n) is 18.4. The average Bonchev–Trinajstić information content (AvgIpc) is 1.44. The molecule has 0 spiro atoms. The highest BCUT2D eigenvalue weighted by molar-refractivity contribution is 7.23. The molecule has 442 valence electrons. The number of nitriles is 2. The molecule has 2 amide bonds. The average molecular weight is 1210 g/mol. The molecule has 6 aliphatic rings. The number of piperazine rings is 1. The van der Waals surface area contributed by atoms with E-state index in [1.165, 1.54) is 39.6 Å². The third kappa shape index (κ3) is 8.64. The monoisotopic (exact) mass is 1210 g/mol. The highest BCUT2D eigenvalue weighted by Gasteiger charge is 2.50. The number of halogens is 5. The molecule has 86 heavy (non-hydrogen) atoms. The van der Waals surface area contributed by atoms with Crippen LogP contribution in [0.2, 0.25) is 5.02 Å². The van der Waals surface area contributed by atoms with Gasteiger partial charge in [-0.2, -0.15) is 20.5 Å². The van der Waals surface area contributed by atoms with Crippen LogP contribution in [0.4, 0.5) is 33.2 Å².